The lowest BCUT2D eigenvalue weighted by molar-refractivity contribution is 0.672. The molecular formula is C128H76N8O3S. The van der Waals surface area contributed by atoms with Gasteiger partial charge in [-0.1, -0.05) is 346 Å². The zero-order valence-corrected chi connectivity index (χ0v) is 75.9. The van der Waals surface area contributed by atoms with Crippen molar-refractivity contribution in [1.29, 1.82) is 0 Å². The minimum atomic E-state index is 0.865. The first-order chi connectivity index (χ1) is 69.3. The predicted octanol–water partition coefficient (Wildman–Crippen LogP) is 34.8. The number of nitrogens with zero attached hydrogens (tertiary/aromatic N) is 8. The number of thiophene rings is 1. The Balaban J connectivity index is 0.0000000939. The molecule has 0 amide bonds. The smallest absolute Gasteiger partial charge is 0.143 e. The fourth-order valence-electron chi connectivity index (χ4n) is 20.1. The van der Waals surface area contributed by atoms with E-state index in [1.54, 1.807) is 0 Å². The van der Waals surface area contributed by atoms with Gasteiger partial charge < -0.3 is 13.3 Å². The first-order valence-electron chi connectivity index (χ1n) is 46.9. The number of para-hydroxylation sites is 7. The number of hydrogen-bond acceptors (Lipinski definition) is 12. The van der Waals surface area contributed by atoms with Crippen LogP contribution in [0.4, 0.5) is 0 Å². The van der Waals surface area contributed by atoms with Crippen LogP contribution in [0.15, 0.2) is 474 Å². The number of rotatable bonds is 8. The summed E-state index contributed by atoms with van der Waals surface area (Å²) in [5.41, 5.74) is 28.0. The number of hydrogen-bond donors (Lipinski definition) is 0. The highest BCUT2D eigenvalue weighted by Crippen LogP contribution is 2.46. The van der Waals surface area contributed by atoms with Gasteiger partial charge in [0, 0.05) is 124 Å². The van der Waals surface area contributed by atoms with Crippen LogP contribution in [0, 0.1) is 0 Å². The average molecular weight is 1810 g/mol. The van der Waals surface area contributed by atoms with Gasteiger partial charge in [0.1, 0.15) is 33.5 Å². The molecule has 0 saturated heterocycles. The molecule has 0 aliphatic rings. The Labute approximate surface area is 804 Å². The lowest BCUT2D eigenvalue weighted by Gasteiger charge is -2.13. The number of benzene rings is 22. The Kier molecular flexibility index (Phi) is 19.5. The van der Waals surface area contributed by atoms with E-state index in [-0.39, 0.29) is 0 Å². The molecule has 8 heterocycles. The molecule has 30 rings (SSSR count). The second kappa shape index (κ2) is 33.8. The predicted molar refractivity (Wildman–Crippen MR) is 581 cm³/mol. The molecule has 30 aromatic rings. The summed E-state index contributed by atoms with van der Waals surface area (Å²) in [6.07, 6.45) is 0. The van der Waals surface area contributed by atoms with Gasteiger partial charge in [-0.15, -0.1) is 11.3 Å². The summed E-state index contributed by atoms with van der Waals surface area (Å²) in [7, 11) is 0. The molecule has 0 radical (unpaired) electrons. The van der Waals surface area contributed by atoms with E-state index in [0.29, 0.717) is 0 Å². The van der Waals surface area contributed by atoms with E-state index in [2.05, 4.69) is 315 Å². The normalized spacial score (nSPS) is 11.7. The lowest BCUT2D eigenvalue weighted by Crippen LogP contribution is -1.96. The molecule has 0 unspecified atom stereocenters. The third-order valence-electron chi connectivity index (χ3n) is 27.0. The highest BCUT2D eigenvalue weighted by Gasteiger charge is 2.24. The van der Waals surface area contributed by atoms with Gasteiger partial charge in [-0.25, -0.2) is 39.9 Å². The first-order valence-corrected chi connectivity index (χ1v) is 47.7. The van der Waals surface area contributed by atoms with Gasteiger partial charge in [-0.05, 0) is 153 Å². The van der Waals surface area contributed by atoms with Gasteiger partial charge in [-0.2, -0.15) is 0 Å². The molecule has 22 aromatic carbocycles. The first kappa shape index (κ1) is 81.0. The quantitative estimate of drug-likeness (QED) is 0.134. The third kappa shape index (κ3) is 14.3. The third-order valence-corrected chi connectivity index (χ3v) is 28.1. The van der Waals surface area contributed by atoms with E-state index >= 15 is 0 Å². The topological polar surface area (TPSA) is 143 Å². The van der Waals surface area contributed by atoms with Gasteiger partial charge in [0.2, 0.25) is 0 Å². The van der Waals surface area contributed by atoms with Crippen molar-refractivity contribution in [2.24, 2.45) is 0 Å². The molecule has 0 aliphatic heterocycles. The van der Waals surface area contributed by atoms with Crippen molar-refractivity contribution in [3.05, 3.63) is 461 Å². The summed E-state index contributed by atoms with van der Waals surface area (Å²) >= 11 is 1.85. The largest absolute Gasteiger partial charge is 0.455 e. The van der Waals surface area contributed by atoms with Crippen LogP contribution in [0.1, 0.15) is 0 Å². The second-order valence-corrected chi connectivity index (χ2v) is 36.5. The molecule has 11 nitrogen and oxygen atoms in total. The maximum Gasteiger partial charge on any atom is 0.143 e. The number of furan rings is 3. The Morgan fingerprint density at radius 2 is 0.421 bits per heavy atom. The summed E-state index contributed by atoms with van der Waals surface area (Å²) in [4.78, 5) is 41.1. The van der Waals surface area contributed by atoms with Crippen LogP contribution in [-0.4, -0.2) is 39.9 Å². The summed E-state index contributed by atoms with van der Waals surface area (Å²) in [6.45, 7) is 0. The Morgan fingerprint density at radius 3 is 0.814 bits per heavy atom. The van der Waals surface area contributed by atoms with Crippen LogP contribution in [-0.2, 0) is 0 Å². The van der Waals surface area contributed by atoms with Crippen LogP contribution >= 0.6 is 11.3 Å². The lowest BCUT2D eigenvalue weighted by atomic mass is 9.98. The van der Waals surface area contributed by atoms with Crippen molar-refractivity contribution in [2.45, 2.75) is 0 Å². The van der Waals surface area contributed by atoms with Gasteiger partial charge in [-0.3, -0.25) is 0 Å². The molecular weight excluding hydrogens is 1730 g/mol. The van der Waals surface area contributed by atoms with Gasteiger partial charge in [0.25, 0.3) is 0 Å². The molecule has 0 saturated carbocycles. The minimum Gasteiger partial charge on any atom is -0.455 e. The molecule has 0 fully saturated rings. The van der Waals surface area contributed by atoms with Gasteiger partial charge in [0.15, 0.2) is 0 Å². The van der Waals surface area contributed by atoms with Crippen molar-refractivity contribution < 1.29 is 13.3 Å². The zero-order chi connectivity index (χ0) is 92.2. The molecule has 8 aromatic heterocycles. The van der Waals surface area contributed by atoms with Crippen molar-refractivity contribution in [2.75, 3.05) is 0 Å². The van der Waals surface area contributed by atoms with Crippen LogP contribution in [0.2, 0.25) is 0 Å². The van der Waals surface area contributed by atoms with E-state index < -0.39 is 0 Å². The number of fused-ring (bicyclic) bond motifs is 27. The molecule has 0 spiro atoms. The van der Waals surface area contributed by atoms with Crippen molar-refractivity contribution in [3.63, 3.8) is 0 Å². The number of aromatic nitrogens is 8. The highest BCUT2D eigenvalue weighted by molar-refractivity contribution is 7.25. The fraction of sp³-hybridized carbons (Fsp3) is 0. The van der Waals surface area contributed by atoms with Gasteiger partial charge in [0.05, 0.1) is 89.7 Å². The Bertz CT molecular complexity index is 10300. The van der Waals surface area contributed by atoms with E-state index in [0.717, 1.165) is 254 Å². The van der Waals surface area contributed by atoms with Crippen LogP contribution in [0.25, 0.3) is 285 Å². The van der Waals surface area contributed by atoms with Crippen molar-refractivity contribution in [1.82, 2.24) is 39.9 Å². The molecule has 0 atom stereocenters. The fourth-order valence-corrected chi connectivity index (χ4v) is 21.3. The molecule has 0 aliphatic carbocycles. The Hall–Kier alpha value is -18.6. The summed E-state index contributed by atoms with van der Waals surface area (Å²) in [5, 5.41) is 23.1. The SMILES string of the molecule is c1ccc(-c2nc3c(ccc4ccccc43)nc2-c2ccc3ccc4c5ccccc5oc4c3c2)cc1.c1ccc(-c2nc3ccc4ccccc4c3nc2-c2ccc3ccc4c5ccccc5oc4c3c2)cc1.c1ccc(-c2nc3ccccc3nc2-c2ccc3cc4c(cc3c2)sc2ccccc24)cc1.c1ccc(-c2nc3ccccc3nc2-c2ccc3ccc4c5ccccc5oc4c3c2)cc1. The van der Waals surface area contributed by atoms with E-state index in [1.165, 1.54) is 30.9 Å². The van der Waals surface area contributed by atoms with Crippen LogP contribution in [0.3, 0.4) is 0 Å². The average Bonchev–Trinajstić information content (AvgIpc) is 1.62. The maximum absolute atomic E-state index is 6.36. The molecule has 0 bridgehead atoms. The van der Waals surface area contributed by atoms with Crippen molar-refractivity contribution in [3.8, 4) is 90.1 Å². The molecule has 0 N–H and O–H groups in total. The van der Waals surface area contributed by atoms with Crippen molar-refractivity contribution >= 4 is 206 Å². The van der Waals surface area contributed by atoms with E-state index in [4.69, 9.17) is 53.1 Å². The summed E-state index contributed by atoms with van der Waals surface area (Å²) in [6, 6.07) is 159. The highest BCUT2D eigenvalue weighted by atomic mass is 32.1. The summed E-state index contributed by atoms with van der Waals surface area (Å²) < 4.78 is 21.7. The second-order valence-electron chi connectivity index (χ2n) is 35.4. The van der Waals surface area contributed by atoms with Crippen LogP contribution < -0.4 is 0 Å². The molecule has 12 heteroatoms. The van der Waals surface area contributed by atoms with Gasteiger partial charge >= 0.3 is 0 Å². The van der Waals surface area contributed by atoms with E-state index in [9.17, 15) is 0 Å². The monoisotopic (exact) mass is 1800 g/mol. The van der Waals surface area contributed by atoms with E-state index in [1.807, 2.05) is 157 Å². The minimum absolute atomic E-state index is 0.865. The summed E-state index contributed by atoms with van der Waals surface area (Å²) in [5.74, 6) is 0. The molecule has 652 valence electrons. The van der Waals surface area contributed by atoms with Crippen LogP contribution in [0.5, 0.6) is 0 Å². The molecule has 140 heavy (non-hydrogen) atoms. The standard InChI is InChI=1S/2C34H20N2O.C30H18N2O.C30H18N2S/c1-2-9-23(10-3-1)31-32(35-29-19-17-21-8-4-5-11-25(21)33(29)36-31)24-15-14-22-16-18-27-26-12-6-7-13-30(26)37-34(27)28(22)20-24;1-2-9-23(10-3-1)31-32(36-33-25-11-5-4-8-21(25)17-19-29(33)35-31)24-15-14-22-16-18-27-26-12-6-7-13-30(26)37-34(27)28(22)20-24;1-2-8-20(9-3-1)28-29(32-26-12-6-5-11-25(26)31-28)21-15-14-19-16-17-23-22-10-4-7-13-27(22)33-30(23)24(19)18-21;1-2-8-19(9-3-1)29-30(32-26-12-6-5-11-25(26)31-29)21-15-14-20-17-24-23-10-4-7-13-27(23)33-28(24)18-22(20)16-21/h2*1-20H;2*1-18H. The Morgan fingerprint density at radius 1 is 0.143 bits per heavy atom. The zero-order valence-electron chi connectivity index (χ0n) is 75.1. The maximum atomic E-state index is 6.36.